The molecule has 0 fully saturated rings. The zero-order valence-electron chi connectivity index (χ0n) is 11.2. The Morgan fingerprint density at radius 1 is 1.15 bits per heavy atom. The lowest BCUT2D eigenvalue weighted by atomic mass is 10.2. The monoisotopic (exact) mass is 329 g/mol. The Morgan fingerprint density at radius 2 is 1.90 bits per heavy atom. The molecule has 20 heavy (non-hydrogen) atoms. The van der Waals surface area contributed by atoms with E-state index >= 15 is 0 Å². The zero-order chi connectivity index (χ0) is 14.7. The molecule has 2 rings (SSSR count). The lowest BCUT2D eigenvalue weighted by molar-refractivity contribution is 0.833. The second kappa shape index (κ2) is 6.61. The van der Waals surface area contributed by atoms with Gasteiger partial charge >= 0.3 is 0 Å². The van der Waals surface area contributed by atoms with Gasteiger partial charge in [0, 0.05) is 17.0 Å². The number of hydrogen-bond donors (Lipinski definition) is 1. The Morgan fingerprint density at radius 3 is 2.60 bits per heavy atom. The summed E-state index contributed by atoms with van der Waals surface area (Å²) >= 11 is 18.3. The van der Waals surface area contributed by atoms with Crippen molar-refractivity contribution < 1.29 is 0 Å². The molecule has 1 N–H and O–H groups in total. The molecule has 2 aromatic rings. The van der Waals surface area contributed by atoms with Gasteiger partial charge in [-0.3, -0.25) is 0 Å². The molecule has 0 unspecified atom stereocenters. The molecule has 3 nitrogen and oxygen atoms in total. The van der Waals surface area contributed by atoms with E-state index in [0.717, 1.165) is 18.4 Å². The van der Waals surface area contributed by atoms with E-state index in [-0.39, 0.29) is 0 Å². The van der Waals surface area contributed by atoms with Crippen molar-refractivity contribution in [2.45, 2.75) is 26.7 Å². The smallest absolute Gasteiger partial charge is 0.138 e. The summed E-state index contributed by atoms with van der Waals surface area (Å²) < 4.78 is 0. The Hall–Kier alpha value is -1.03. The van der Waals surface area contributed by atoms with E-state index in [1.807, 2.05) is 6.92 Å². The average molecular weight is 331 g/mol. The second-order valence-electron chi connectivity index (χ2n) is 4.40. The highest BCUT2D eigenvalue weighted by atomic mass is 35.5. The standard InChI is InChI=1S/C14H14Cl3N3/c1-3-4-12-19-13(17)8(2)14(20-12)18-11-7-9(15)5-6-10(11)16/h5-7H,3-4H2,1-2H3,(H,18,19,20). The molecule has 0 aliphatic carbocycles. The van der Waals surface area contributed by atoms with Crippen LogP contribution in [0.1, 0.15) is 24.7 Å². The van der Waals surface area contributed by atoms with E-state index in [0.29, 0.717) is 32.5 Å². The lowest BCUT2D eigenvalue weighted by Crippen LogP contribution is -2.04. The maximum atomic E-state index is 6.14. The predicted molar refractivity (Wildman–Crippen MR) is 85.5 cm³/mol. The van der Waals surface area contributed by atoms with Crippen LogP contribution in [0.2, 0.25) is 15.2 Å². The molecule has 0 aliphatic rings. The molecule has 0 bridgehead atoms. The van der Waals surface area contributed by atoms with E-state index in [2.05, 4.69) is 22.2 Å². The second-order valence-corrected chi connectivity index (χ2v) is 5.61. The van der Waals surface area contributed by atoms with Gasteiger partial charge in [0.25, 0.3) is 0 Å². The SMILES string of the molecule is CCCc1nc(Cl)c(C)c(Nc2cc(Cl)ccc2Cl)n1. The van der Waals surface area contributed by atoms with Crippen molar-refractivity contribution in [1.82, 2.24) is 9.97 Å². The molecule has 0 saturated carbocycles. The summed E-state index contributed by atoms with van der Waals surface area (Å²) in [5.74, 6) is 1.36. The van der Waals surface area contributed by atoms with Gasteiger partial charge in [-0.15, -0.1) is 0 Å². The average Bonchev–Trinajstić information content (AvgIpc) is 2.40. The molecular formula is C14H14Cl3N3. The Bertz CT molecular complexity index is 629. The summed E-state index contributed by atoms with van der Waals surface area (Å²) in [6.45, 7) is 3.93. The molecule has 1 aromatic carbocycles. The fourth-order valence-corrected chi connectivity index (χ4v) is 2.23. The minimum absolute atomic E-state index is 0.448. The van der Waals surface area contributed by atoms with Crippen molar-refractivity contribution in [1.29, 1.82) is 0 Å². The van der Waals surface area contributed by atoms with E-state index < -0.39 is 0 Å². The van der Waals surface area contributed by atoms with Crippen molar-refractivity contribution in [2.75, 3.05) is 5.32 Å². The number of nitrogens with zero attached hydrogens (tertiary/aromatic N) is 2. The molecule has 6 heteroatoms. The fraction of sp³-hybridized carbons (Fsp3) is 0.286. The molecule has 0 aliphatic heterocycles. The summed E-state index contributed by atoms with van der Waals surface area (Å²) in [6.07, 6.45) is 1.73. The van der Waals surface area contributed by atoms with Crippen molar-refractivity contribution in [2.24, 2.45) is 0 Å². The molecule has 0 amide bonds. The molecule has 0 atom stereocenters. The first kappa shape index (κ1) is 15.4. The van der Waals surface area contributed by atoms with Crippen LogP contribution in [0.4, 0.5) is 11.5 Å². The third-order valence-corrected chi connectivity index (χ3v) is 3.72. The Labute approximate surface area is 133 Å². The maximum Gasteiger partial charge on any atom is 0.138 e. The maximum absolute atomic E-state index is 6.14. The normalized spacial score (nSPS) is 10.7. The van der Waals surface area contributed by atoms with Gasteiger partial charge in [0.15, 0.2) is 0 Å². The molecule has 0 radical (unpaired) electrons. The Kier molecular flexibility index (Phi) is 5.08. The van der Waals surface area contributed by atoms with Gasteiger partial charge in [-0.05, 0) is 31.5 Å². The summed E-state index contributed by atoms with van der Waals surface area (Å²) in [6, 6.07) is 5.22. The van der Waals surface area contributed by atoms with Gasteiger partial charge in [0.2, 0.25) is 0 Å². The minimum Gasteiger partial charge on any atom is -0.339 e. The number of nitrogens with one attached hydrogen (secondary N) is 1. The van der Waals surface area contributed by atoms with Crippen molar-refractivity contribution in [3.8, 4) is 0 Å². The quantitative estimate of drug-likeness (QED) is 0.758. The number of aromatic nitrogens is 2. The molecular weight excluding hydrogens is 317 g/mol. The molecule has 106 valence electrons. The number of rotatable bonds is 4. The molecule has 0 spiro atoms. The first-order valence-electron chi connectivity index (χ1n) is 6.26. The van der Waals surface area contributed by atoms with Gasteiger partial charge in [-0.2, -0.15) is 0 Å². The van der Waals surface area contributed by atoms with Crippen LogP contribution in [-0.4, -0.2) is 9.97 Å². The van der Waals surface area contributed by atoms with Gasteiger partial charge in [-0.25, -0.2) is 9.97 Å². The molecule has 1 heterocycles. The van der Waals surface area contributed by atoms with Crippen LogP contribution in [0.25, 0.3) is 0 Å². The van der Waals surface area contributed by atoms with Crippen LogP contribution < -0.4 is 5.32 Å². The van der Waals surface area contributed by atoms with Crippen LogP contribution in [0, 0.1) is 6.92 Å². The van der Waals surface area contributed by atoms with E-state index in [9.17, 15) is 0 Å². The highest BCUT2D eigenvalue weighted by molar-refractivity contribution is 6.35. The third-order valence-electron chi connectivity index (χ3n) is 2.79. The van der Waals surface area contributed by atoms with Crippen molar-refractivity contribution >= 4 is 46.3 Å². The minimum atomic E-state index is 0.448. The van der Waals surface area contributed by atoms with Crippen LogP contribution in [0.5, 0.6) is 0 Å². The van der Waals surface area contributed by atoms with E-state index in [1.54, 1.807) is 18.2 Å². The van der Waals surface area contributed by atoms with Gasteiger partial charge in [0.05, 0.1) is 10.7 Å². The van der Waals surface area contributed by atoms with Crippen LogP contribution >= 0.6 is 34.8 Å². The lowest BCUT2D eigenvalue weighted by Gasteiger charge is -2.12. The number of aryl methyl sites for hydroxylation is 1. The molecule has 0 saturated heterocycles. The fourth-order valence-electron chi connectivity index (χ4n) is 1.71. The number of anilines is 2. The van der Waals surface area contributed by atoms with Gasteiger partial charge in [0.1, 0.15) is 16.8 Å². The van der Waals surface area contributed by atoms with Crippen LogP contribution in [0.15, 0.2) is 18.2 Å². The van der Waals surface area contributed by atoms with Gasteiger partial charge in [-0.1, -0.05) is 41.7 Å². The first-order chi connectivity index (χ1) is 9.51. The van der Waals surface area contributed by atoms with Crippen molar-refractivity contribution in [3.63, 3.8) is 0 Å². The largest absolute Gasteiger partial charge is 0.339 e. The predicted octanol–water partition coefficient (Wildman–Crippen LogP) is 5.44. The number of hydrogen-bond acceptors (Lipinski definition) is 3. The number of benzene rings is 1. The third kappa shape index (κ3) is 3.54. The van der Waals surface area contributed by atoms with Crippen molar-refractivity contribution in [3.05, 3.63) is 44.8 Å². The van der Waals surface area contributed by atoms with Crippen LogP contribution in [0.3, 0.4) is 0 Å². The summed E-state index contributed by atoms with van der Waals surface area (Å²) in [7, 11) is 0. The topological polar surface area (TPSA) is 37.8 Å². The summed E-state index contributed by atoms with van der Waals surface area (Å²) in [5.41, 5.74) is 1.47. The van der Waals surface area contributed by atoms with Crippen LogP contribution in [-0.2, 0) is 6.42 Å². The van der Waals surface area contributed by atoms with E-state index in [1.165, 1.54) is 0 Å². The number of halogens is 3. The first-order valence-corrected chi connectivity index (χ1v) is 7.39. The summed E-state index contributed by atoms with van der Waals surface area (Å²) in [5, 5.41) is 4.79. The Balaban J connectivity index is 2.39. The summed E-state index contributed by atoms with van der Waals surface area (Å²) in [4.78, 5) is 8.74. The molecule has 1 aromatic heterocycles. The van der Waals surface area contributed by atoms with Gasteiger partial charge < -0.3 is 5.32 Å². The zero-order valence-corrected chi connectivity index (χ0v) is 13.4. The highest BCUT2D eigenvalue weighted by Gasteiger charge is 2.11. The highest BCUT2D eigenvalue weighted by Crippen LogP contribution is 2.30. The van der Waals surface area contributed by atoms with E-state index in [4.69, 9.17) is 34.8 Å².